The Morgan fingerprint density at radius 2 is 1.46 bits per heavy atom. The summed E-state index contributed by atoms with van der Waals surface area (Å²) in [5.41, 5.74) is 1.09. The van der Waals surface area contributed by atoms with Gasteiger partial charge in [0.2, 0.25) is 5.75 Å². The number of rotatable bonds is 5. The molecular formula is C22H29N3O3. The number of nitrogens with zero attached hydrogens (tertiary/aromatic N) is 3. The van der Waals surface area contributed by atoms with Crippen molar-refractivity contribution in [2.24, 2.45) is 24.8 Å². The molecule has 0 atom stereocenters. The van der Waals surface area contributed by atoms with Gasteiger partial charge in [0.15, 0.2) is 17.3 Å². The summed E-state index contributed by atoms with van der Waals surface area (Å²) in [6, 6.07) is 3.88. The first kappa shape index (κ1) is 17.8. The lowest BCUT2D eigenvalue weighted by molar-refractivity contribution is -0.0107. The first-order chi connectivity index (χ1) is 13.6. The van der Waals surface area contributed by atoms with Crippen molar-refractivity contribution in [3.05, 3.63) is 18.0 Å². The normalized spacial score (nSPS) is 30.5. The third-order valence-corrected chi connectivity index (χ3v) is 7.33. The van der Waals surface area contributed by atoms with Crippen molar-refractivity contribution in [2.75, 3.05) is 21.3 Å². The average molecular weight is 383 g/mol. The summed E-state index contributed by atoms with van der Waals surface area (Å²) < 4.78 is 18.9. The molecule has 1 heterocycles. The van der Waals surface area contributed by atoms with Crippen LogP contribution in [0.2, 0.25) is 0 Å². The van der Waals surface area contributed by atoms with E-state index >= 15 is 0 Å². The maximum atomic E-state index is 5.69. The zero-order valence-electron chi connectivity index (χ0n) is 17.2. The molecule has 4 saturated carbocycles. The van der Waals surface area contributed by atoms with E-state index in [0.29, 0.717) is 17.2 Å². The smallest absolute Gasteiger partial charge is 0.204 e. The lowest BCUT2D eigenvalue weighted by Crippen LogP contribution is -2.49. The molecule has 6 nitrogen and oxygen atoms in total. The van der Waals surface area contributed by atoms with Crippen molar-refractivity contribution in [2.45, 2.75) is 43.9 Å². The summed E-state index contributed by atoms with van der Waals surface area (Å²) in [7, 11) is 7.00. The van der Waals surface area contributed by atoms with Crippen molar-refractivity contribution in [1.29, 1.82) is 0 Å². The first-order valence-corrected chi connectivity index (χ1v) is 10.3. The standard InChI is InChI=1S/C22H29N3O3/c1-25-20(16-5-6-17(26-2)19(28-4)18(16)27-3)23-24-21(25)22-10-13-7-14(11-22)9-15(8-13)12-22/h5-6,13-15H,7-12H2,1-4H3. The lowest BCUT2D eigenvalue weighted by Gasteiger charge is -2.56. The molecular weight excluding hydrogens is 354 g/mol. The Balaban J connectivity index is 1.59. The molecule has 0 aliphatic heterocycles. The van der Waals surface area contributed by atoms with E-state index in [2.05, 4.69) is 16.7 Å². The second-order valence-electron chi connectivity index (χ2n) is 8.99. The van der Waals surface area contributed by atoms with Gasteiger partial charge in [0, 0.05) is 12.5 Å². The molecule has 4 bridgehead atoms. The Hall–Kier alpha value is -2.24. The van der Waals surface area contributed by atoms with Gasteiger partial charge in [-0.05, 0) is 68.4 Å². The fourth-order valence-corrected chi connectivity index (χ4v) is 6.69. The molecule has 150 valence electrons. The number of aromatic nitrogens is 3. The van der Waals surface area contributed by atoms with E-state index in [1.54, 1.807) is 21.3 Å². The average Bonchev–Trinajstić information content (AvgIpc) is 3.07. The highest BCUT2D eigenvalue weighted by Crippen LogP contribution is 2.60. The van der Waals surface area contributed by atoms with Gasteiger partial charge in [-0.15, -0.1) is 10.2 Å². The first-order valence-electron chi connectivity index (χ1n) is 10.3. The molecule has 2 aromatic rings. The molecule has 4 aliphatic carbocycles. The van der Waals surface area contributed by atoms with Gasteiger partial charge in [-0.3, -0.25) is 0 Å². The van der Waals surface area contributed by atoms with Gasteiger partial charge < -0.3 is 18.8 Å². The molecule has 28 heavy (non-hydrogen) atoms. The van der Waals surface area contributed by atoms with Crippen LogP contribution < -0.4 is 14.2 Å². The van der Waals surface area contributed by atoms with Gasteiger partial charge in [0.05, 0.1) is 26.9 Å². The Kier molecular flexibility index (Phi) is 4.07. The van der Waals surface area contributed by atoms with E-state index in [4.69, 9.17) is 19.3 Å². The van der Waals surface area contributed by atoms with Crippen LogP contribution >= 0.6 is 0 Å². The second-order valence-corrected chi connectivity index (χ2v) is 8.99. The summed E-state index contributed by atoms with van der Waals surface area (Å²) in [5, 5.41) is 9.36. The van der Waals surface area contributed by atoms with Crippen molar-refractivity contribution < 1.29 is 14.2 Å². The van der Waals surface area contributed by atoms with Gasteiger partial charge >= 0.3 is 0 Å². The molecule has 4 fully saturated rings. The highest BCUT2D eigenvalue weighted by Gasteiger charge is 2.53. The summed E-state index contributed by atoms with van der Waals surface area (Å²) >= 11 is 0. The summed E-state index contributed by atoms with van der Waals surface area (Å²) in [4.78, 5) is 0. The quantitative estimate of drug-likeness (QED) is 0.782. The Bertz CT molecular complexity index is 869. The van der Waals surface area contributed by atoms with Crippen molar-refractivity contribution in [3.63, 3.8) is 0 Å². The van der Waals surface area contributed by atoms with Gasteiger partial charge in [0.1, 0.15) is 5.82 Å². The fraction of sp³-hybridized carbons (Fsp3) is 0.636. The van der Waals surface area contributed by atoms with E-state index in [9.17, 15) is 0 Å². The van der Waals surface area contributed by atoms with E-state index in [1.807, 2.05) is 12.1 Å². The number of hydrogen-bond donors (Lipinski definition) is 0. The van der Waals surface area contributed by atoms with E-state index in [1.165, 1.54) is 38.5 Å². The summed E-state index contributed by atoms with van der Waals surface area (Å²) in [6.07, 6.45) is 8.09. The number of benzene rings is 1. The van der Waals surface area contributed by atoms with Crippen LogP contribution in [-0.4, -0.2) is 36.1 Å². The molecule has 0 radical (unpaired) electrons. The molecule has 0 amide bonds. The molecule has 6 heteroatoms. The SMILES string of the molecule is COc1ccc(-c2nnc(C34CC5CC(CC(C5)C3)C4)n2C)c(OC)c1OC. The van der Waals surface area contributed by atoms with Crippen LogP contribution in [-0.2, 0) is 12.5 Å². The zero-order chi connectivity index (χ0) is 19.5. The van der Waals surface area contributed by atoms with Crippen LogP contribution in [0.4, 0.5) is 0 Å². The fourth-order valence-electron chi connectivity index (χ4n) is 6.69. The molecule has 0 unspecified atom stereocenters. The molecule has 4 aliphatic rings. The predicted molar refractivity (Wildman–Crippen MR) is 106 cm³/mol. The van der Waals surface area contributed by atoms with Crippen molar-refractivity contribution in [1.82, 2.24) is 14.8 Å². The number of ether oxygens (including phenoxy) is 3. The lowest BCUT2D eigenvalue weighted by atomic mass is 9.49. The Morgan fingerprint density at radius 3 is 2.00 bits per heavy atom. The van der Waals surface area contributed by atoms with Crippen LogP contribution in [0, 0.1) is 17.8 Å². The minimum atomic E-state index is 0.207. The van der Waals surface area contributed by atoms with Gasteiger partial charge in [0.25, 0.3) is 0 Å². The third-order valence-electron chi connectivity index (χ3n) is 7.33. The summed E-state index contributed by atoms with van der Waals surface area (Å²) in [6.45, 7) is 0. The zero-order valence-corrected chi connectivity index (χ0v) is 17.2. The topological polar surface area (TPSA) is 58.4 Å². The second kappa shape index (κ2) is 6.39. The van der Waals surface area contributed by atoms with E-state index < -0.39 is 0 Å². The molecule has 6 rings (SSSR count). The maximum absolute atomic E-state index is 5.69. The minimum Gasteiger partial charge on any atom is -0.493 e. The Labute approximate surface area is 166 Å². The molecule has 0 saturated heterocycles. The minimum absolute atomic E-state index is 0.207. The number of hydrogen-bond acceptors (Lipinski definition) is 5. The van der Waals surface area contributed by atoms with E-state index in [0.717, 1.165) is 35.0 Å². The van der Waals surface area contributed by atoms with Crippen molar-refractivity contribution in [3.8, 4) is 28.6 Å². The van der Waals surface area contributed by atoms with Gasteiger partial charge in [-0.1, -0.05) is 0 Å². The predicted octanol–water partition coefficient (Wildman–Crippen LogP) is 3.98. The van der Waals surface area contributed by atoms with Crippen LogP contribution in [0.3, 0.4) is 0 Å². The molecule has 1 aromatic heterocycles. The highest BCUT2D eigenvalue weighted by atomic mass is 16.5. The van der Waals surface area contributed by atoms with Crippen LogP contribution in [0.15, 0.2) is 12.1 Å². The number of methoxy groups -OCH3 is 3. The van der Waals surface area contributed by atoms with Crippen LogP contribution in [0.5, 0.6) is 17.2 Å². The van der Waals surface area contributed by atoms with Crippen LogP contribution in [0.1, 0.15) is 44.3 Å². The molecule has 0 N–H and O–H groups in total. The van der Waals surface area contributed by atoms with E-state index in [-0.39, 0.29) is 5.41 Å². The van der Waals surface area contributed by atoms with Crippen LogP contribution in [0.25, 0.3) is 11.4 Å². The largest absolute Gasteiger partial charge is 0.493 e. The molecule has 1 aromatic carbocycles. The summed E-state index contributed by atoms with van der Waals surface area (Å²) in [5.74, 6) is 6.47. The van der Waals surface area contributed by atoms with Crippen molar-refractivity contribution >= 4 is 0 Å². The van der Waals surface area contributed by atoms with Gasteiger partial charge in [-0.2, -0.15) is 0 Å². The third kappa shape index (κ3) is 2.46. The Morgan fingerprint density at radius 1 is 0.857 bits per heavy atom. The molecule has 0 spiro atoms. The highest BCUT2D eigenvalue weighted by molar-refractivity contribution is 5.72. The van der Waals surface area contributed by atoms with Gasteiger partial charge in [-0.25, -0.2) is 0 Å². The monoisotopic (exact) mass is 383 g/mol. The maximum Gasteiger partial charge on any atom is 0.204 e.